The molecule has 3 rings (SSSR count). The molecule has 2 aromatic carbocycles. The molecule has 0 radical (unpaired) electrons. The topological polar surface area (TPSA) is 99.3 Å². The Balaban J connectivity index is 1.54. The van der Waals surface area contributed by atoms with E-state index >= 15 is 0 Å². The lowest BCUT2D eigenvalue weighted by molar-refractivity contribution is -0.386. The third-order valence-electron chi connectivity index (χ3n) is 4.47. The predicted molar refractivity (Wildman–Crippen MR) is 109 cm³/mol. The number of hydrogen-bond acceptors (Lipinski definition) is 5. The van der Waals surface area contributed by atoms with E-state index in [1.807, 2.05) is 54.6 Å². The van der Waals surface area contributed by atoms with E-state index < -0.39 is 4.92 Å². The molecular formula is C21H22N4O4. The summed E-state index contributed by atoms with van der Waals surface area (Å²) in [5, 5.41) is 17.9. The third-order valence-corrected chi connectivity index (χ3v) is 4.47. The van der Waals surface area contributed by atoms with Gasteiger partial charge >= 0.3 is 5.69 Å². The highest BCUT2D eigenvalue weighted by Gasteiger charge is 2.22. The van der Waals surface area contributed by atoms with Crippen LogP contribution in [0.4, 0.5) is 5.69 Å². The van der Waals surface area contributed by atoms with Crippen molar-refractivity contribution in [2.24, 2.45) is 0 Å². The van der Waals surface area contributed by atoms with Gasteiger partial charge in [-0.15, -0.1) is 0 Å². The van der Waals surface area contributed by atoms with Gasteiger partial charge in [0.15, 0.2) is 0 Å². The Morgan fingerprint density at radius 1 is 1.14 bits per heavy atom. The van der Waals surface area contributed by atoms with Crippen LogP contribution in [-0.2, 0) is 11.3 Å². The maximum Gasteiger partial charge on any atom is 0.312 e. The second-order valence-corrected chi connectivity index (χ2v) is 6.49. The third kappa shape index (κ3) is 4.78. The number of ether oxygens (including phenoxy) is 1. The van der Waals surface area contributed by atoms with Gasteiger partial charge in [-0.3, -0.25) is 19.6 Å². The van der Waals surface area contributed by atoms with Gasteiger partial charge in [0.05, 0.1) is 11.5 Å². The summed E-state index contributed by atoms with van der Waals surface area (Å²) in [6.07, 6.45) is 0. The molecule has 1 heterocycles. The van der Waals surface area contributed by atoms with Crippen LogP contribution >= 0.6 is 0 Å². The molecule has 1 N–H and O–H groups in total. The van der Waals surface area contributed by atoms with Gasteiger partial charge in [-0.25, -0.2) is 0 Å². The zero-order valence-electron chi connectivity index (χ0n) is 16.3. The number of rotatable bonds is 8. The second kappa shape index (κ2) is 9.01. The molecule has 8 heteroatoms. The van der Waals surface area contributed by atoms with Gasteiger partial charge in [-0.1, -0.05) is 48.5 Å². The minimum absolute atomic E-state index is 0.0568. The minimum Gasteiger partial charge on any atom is -0.491 e. The van der Waals surface area contributed by atoms with E-state index in [-0.39, 0.29) is 18.1 Å². The number of aromatic nitrogens is 2. The lowest BCUT2D eigenvalue weighted by atomic mass is 10.1. The normalized spacial score (nSPS) is 10.6. The van der Waals surface area contributed by atoms with Crippen LogP contribution in [0.3, 0.4) is 0 Å². The van der Waals surface area contributed by atoms with Crippen molar-refractivity contribution in [1.29, 1.82) is 0 Å². The molecule has 8 nitrogen and oxygen atoms in total. The van der Waals surface area contributed by atoms with Crippen molar-refractivity contribution < 1.29 is 14.5 Å². The molecule has 0 aliphatic rings. The van der Waals surface area contributed by atoms with Crippen molar-refractivity contribution in [2.45, 2.75) is 20.4 Å². The molecule has 0 atom stereocenters. The summed E-state index contributed by atoms with van der Waals surface area (Å²) < 4.78 is 7.19. The van der Waals surface area contributed by atoms with Crippen LogP contribution < -0.4 is 10.1 Å². The van der Waals surface area contributed by atoms with Gasteiger partial charge in [0.1, 0.15) is 30.3 Å². The number of amides is 1. The smallest absolute Gasteiger partial charge is 0.312 e. The number of carbonyl (C=O) groups excluding carboxylic acids is 1. The number of carbonyl (C=O) groups is 1. The first-order valence-electron chi connectivity index (χ1n) is 9.19. The number of benzene rings is 2. The Morgan fingerprint density at radius 2 is 1.83 bits per heavy atom. The highest BCUT2D eigenvalue weighted by atomic mass is 16.6. The summed E-state index contributed by atoms with van der Waals surface area (Å²) in [5.74, 6) is 0.451. The van der Waals surface area contributed by atoms with Crippen molar-refractivity contribution in [3.8, 4) is 16.9 Å². The van der Waals surface area contributed by atoms with Crippen molar-refractivity contribution in [1.82, 2.24) is 15.1 Å². The first-order valence-corrected chi connectivity index (χ1v) is 9.19. The van der Waals surface area contributed by atoms with E-state index in [4.69, 9.17) is 4.74 Å². The van der Waals surface area contributed by atoms with Crippen LogP contribution in [0.5, 0.6) is 5.75 Å². The fourth-order valence-corrected chi connectivity index (χ4v) is 3.10. The molecule has 150 valence electrons. The van der Waals surface area contributed by atoms with Gasteiger partial charge in [0.2, 0.25) is 5.91 Å². The summed E-state index contributed by atoms with van der Waals surface area (Å²) in [6.45, 7) is 3.66. The molecule has 3 aromatic rings. The monoisotopic (exact) mass is 394 g/mol. The first kappa shape index (κ1) is 20.1. The van der Waals surface area contributed by atoms with E-state index in [0.717, 1.165) is 16.9 Å². The van der Waals surface area contributed by atoms with Gasteiger partial charge in [0, 0.05) is 5.56 Å². The summed E-state index contributed by atoms with van der Waals surface area (Å²) >= 11 is 0. The zero-order chi connectivity index (χ0) is 20.8. The first-order chi connectivity index (χ1) is 14.0. The van der Waals surface area contributed by atoms with E-state index in [2.05, 4.69) is 10.4 Å². The Morgan fingerprint density at radius 3 is 2.52 bits per heavy atom. The average Bonchev–Trinajstić information content (AvgIpc) is 2.99. The second-order valence-electron chi connectivity index (χ2n) is 6.49. The average molecular weight is 394 g/mol. The molecule has 0 bridgehead atoms. The SMILES string of the molecule is Cc1nn(CC(=O)NCCOc2ccccc2-c2ccccc2)c(C)c1[N+](=O)[O-]. The summed E-state index contributed by atoms with van der Waals surface area (Å²) in [5.41, 5.74) is 2.63. The number of nitrogens with zero attached hydrogens (tertiary/aromatic N) is 3. The van der Waals surface area contributed by atoms with Crippen LogP contribution in [0.1, 0.15) is 11.4 Å². The van der Waals surface area contributed by atoms with E-state index in [0.29, 0.717) is 24.5 Å². The van der Waals surface area contributed by atoms with Crippen molar-refractivity contribution in [2.75, 3.05) is 13.2 Å². The van der Waals surface area contributed by atoms with Crippen LogP contribution in [0.15, 0.2) is 54.6 Å². The number of para-hydroxylation sites is 1. The standard InChI is InChI=1S/C21H22N4O4/c1-15-21(25(27)28)16(2)24(23-15)14-20(26)22-12-13-29-19-11-7-6-10-18(19)17-8-4-3-5-9-17/h3-11H,12-14H2,1-2H3,(H,22,26). The number of hydrogen-bond donors (Lipinski definition) is 1. The lowest BCUT2D eigenvalue weighted by Crippen LogP contribution is -2.31. The molecular weight excluding hydrogens is 372 g/mol. The number of aryl methyl sites for hydroxylation is 1. The largest absolute Gasteiger partial charge is 0.491 e. The quantitative estimate of drug-likeness (QED) is 0.359. The summed E-state index contributed by atoms with van der Waals surface area (Å²) in [7, 11) is 0. The molecule has 0 aliphatic heterocycles. The predicted octanol–water partition coefficient (Wildman–Crippen LogP) is 3.27. The highest BCUT2D eigenvalue weighted by molar-refractivity contribution is 5.76. The zero-order valence-corrected chi connectivity index (χ0v) is 16.3. The maximum absolute atomic E-state index is 12.2. The van der Waals surface area contributed by atoms with Gasteiger partial charge in [-0.05, 0) is 25.5 Å². The summed E-state index contributed by atoms with van der Waals surface area (Å²) in [6, 6.07) is 17.6. The van der Waals surface area contributed by atoms with Crippen LogP contribution in [-0.4, -0.2) is 33.8 Å². The van der Waals surface area contributed by atoms with E-state index in [1.165, 1.54) is 4.68 Å². The van der Waals surface area contributed by atoms with Gasteiger partial charge in [0.25, 0.3) is 0 Å². The van der Waals surface area contributed by atoms with Crippen molar-refractivity contribution >= 4 is 11.6 Å². The fourth-order valence-electron chi connectivity index (χ4n) is 3.10. The number of nitrogens with one attached hydrogen (secondary N) is 1. The molecule has 0 unspecified atom stereocenters. The highest BCUT2D eigenvalue weighted by Crippen LogP contribution is 2.29. The van der Waals surface area contributed by atoms with E-state index in [9.17, 15) is 14.9 Å². The maximum atomic E-state index is 12.2. The Labute approximate surface area is 168 Å². The minimum atomic E-state index is -0.482. The van der Waals surface area contributed by atoms with Crippen molar-refractivity contribution in [3.05, 3.63) is 76.1 Å². The van der Waals surface area contributed by atoms with E-state index in [1.54, 1.807) is 13.8 Å². The molecule has 0 saturated heterocycles. The van der Waals surface area contributed by atoms with Gasteiger partial charge < -0.3 is 10.1 Å². The number of nitro groups is 1. The molecule has 1 aromatic heterocycles. The Bertz CT molecular complexity index is 1010. The molecule has 0 aliphatic carbocycles. The Kier molecular flexibility index (Phi) is 6.23. The van der Waals surface area contributed by atoms with Crippen LogP contribution in [0, 0.1) is 24.0 Å². The lowest BCUT2D eigenvalue weighted by Gasteiger charge is -2.12. The molecule has 29 heavy (non-hydrogen) atoms. The molecule has 0 spiro atoms. The summed E-state index contributed by atoms with van der Waals surface area (Å²) in [4.78, 5) is 22.7. The fraction of sp³-hybridized carbons (Fsp3) is 0.238. The molecule has 0 saturated carbocycles. The van der Waals surface area contributed by atoms with Crippen LogP contribution in [0.25, 0.3) is 11.1 Å². The van der Waals surface area contributed by atoms with Crippen LogP contribution in [0.2, 0.25) is 0 Å². The Hall–Kier alpha value is -3.68. The van der Waals surface area contributed by atoms with Crippen molar-refractivity contribution in [3.63, 3.8) is 0 Å². The van der Waals surface area contributed by atoms with Gasteiger partial charge in [-0.2, -0.15) is 5.10 Å². The molecule has 0 fully saturated rings. The molecule has 1 amide bonds.